The van der Waals surface area contributed by atoms with Gasteiger partial charge in [0.2, 0.25) is 0 Å². The molecule has 0 aliphatic rings. The molecule has 0 aliphatic carbocycles. The Bertz CT molecular complexity index is 130. The average molecular weight is 194 g/mol. The summed E-state index contributed by atoms with van der Waals surface area (Å²) in [5, 5.41) is 16.3. The Balaban J connectivity index is -0.0000000675. The minimum atomic E-state index is -0.870. The van der Waals surface area contributed by atoms with Crippen LogP contribution in [0, 0.1) is 0 Å². The van der Waals surface area contributed by atoms with Crippen LogP contribution >= 0.6 is 0 Å². The molecule has 0 heterocycles. The Morgan fingerprint density at radius 3 is 1.33 bits per heavy atom. The summed E-state index contributed by atoms with van der Waals surface area (Å²) in [6.45, 7) is 0. The van der Waals surface area contributed by atoms with Crippen LogP contribution in [0.3, 0.4) is 0 Å². The van der Waals surface area contributed by atoms with E-state index in [4.69, 9.17) is 10.2 Å². The van der Waals surface area contributed by atoms with Gasteiger partial charge in [0.25, 0.3) is 0 Å². The van der Waals surface area contributed by atoms with Crippen LogP contribution in [-0.4, -0.2) is 22.2 Å². The third-order valence-corrected chi connectivity index (χ3v) is 1.03. The molecule has 0 fully saturated rings. The number of carbonyl (C=O) groups is 2. The van der Waals surface area contributed by atoms with E-state index in [1.165, 1.54) is 0 Å². The van der Waals surface area contributed by atoms with Crippen LogP contribution in [0.1, 0.15) is 28.5 Å². The Morgan fingerprint density at radius 1 is 0.917 bits per heavy atom. The van der Waals surface area contributed by atoms with Gasteiger partial charge in [-0.2, -0.15) is 0 Å². The molecule has 0 aromatic rings. The van der Waals surface area contributed by atoms with E-state index in [9.17, 15) is 9.59 Å². The normalized spacial score (nSPS) is 7.67. The molecule has 0 amide bonds. The van der Waals surface area contributed by atoms with Crippen LogP contribution in [0.5, 0.6) is 0 Å². The summed E-state index contributed by atoms with van der Waals surface area (Å²) in [4.78, 5) is 19.8. The van der Waals surface area contributed by atoms with E-state index >= 15 is 0 Å². The van der Waals surface area contributed by atoms with E-state index in [1.54, 1.807) is 0 Å². The van der Waals surface area contributed by atoms with Crippen molar-refractivity contribution >= 4 is 11.9 Å². The molecule has 0 atom stereocenters. The van der Waals surface area contributed by atoms with Gasteiger partial charge in [-0.25, -0.2) is 0 Å². The molecule has 0 aromatic carbocycles. The van der Waals surface area contributed by atoms with Crippen LogP contribution < -0.4 is 59.1 Å². The maximum Gasteiger partial charge on any atom is 1.00 e. The number of hydrogen-bond donors (Lipinski definition) is 2. The van der Waals surface area contributed by atoms with Gasteiger partial charge in [-0.1, -0.05) is 0 Å². The van der Waals surface area contributed by atoms with E-state index in [1.807, 2.05) is 0 Å². The first-order valence-corrected chi connectivity index (χ1v) is 3.06. The molecule has 4 nitrogen and oxygen atoms in total. The predicted octanol–water partition coefficient (Wildman–Crippen LogP) is -5.05. The summed E-state index contributed by atoms with van der Waals surface area (Å²) >= 11 is 0. The molecule has 0 bridgehead atoms. The zero-order valence-corrected chi connectivity index (χ0v) is 11.5. The third-order valence-electron chi connectivity index (χ3n) is 1.03. The first-order chi connectivity index (χ1) is 4.63. The van der Waals surface area contributed by atoms with E-state index in [0.29, 0.717) is 12.8 Å². The molecule has 0 radical (unpaired) electrons. The topological polar surface area (TPSA) is 74.6 Å². The van der Waals surface area contributed by atoms with Gasteiger partial charge in [0.15, 0.2) is 0 Å². The van der Waals surface area contributed by atoms with Crippen molar-refractivity contribution in [2.75, 3.05) is 0 Å². The summed E-state index contributed by atoms with van der Waals surface area (Å²) in [5.41, 5.74) is 0. The van der Waals surface area contributed by atoms with E-state index in [0.717, 1.165) is 0 Å². The average Bonchev–Trinajstić information content (AvgIpc) is 1.79. The first kappa shape index (κ1) is 18.7. The van der Waals surface area contributed by atoms with Gasteiger partial charge in [0, 0.05) is 12.8 Å². The van der Waals surface area contributed by atoms with Crippen molar-refractivity contribution in [3.8, 4) is 0 Å². The van der Waals surface area contributed by atoms with Crippen molar-refractivity contribution < 1.29 is 81.8 Å². The zero-order valence-electron chi connectivity index (χ0n) is 9.54. The van der Waals surface area contributed by atoms with Gasteiger partial charge in [-0.15, -0.1) is 0 Å². The molecule has 0 saturated carbocycles. The number of aliphatic carboxylic acids is 2. The molecular formula is C6H12Na2O4. The summed E-state index contributed by atoms with van der Waals surface area (Å²) in [7, 11) is 0. The van der Waals surface area contributed by atoms with Crippen molar-refractivity contribution in [2.45, 2.75) is 25.7 Å². The van der Waals surface area contributed by atoms with Crippen molar-refractivity contribution in [3.63, 3.8) is 0 Å². The molecule has 6 heteroatoms. The van der Waals surface area contributed by atoms with Crippen molar-refractivity contribution in [3.05, 3.63) is 0 Å². The number of carboxylic acids is 2. The molecule has 12 heavy (non-hydrogen) atoms. The van der Waals surface area contributed by atoms with Crippen LogP contribution in [-0.2, 0) is 9.59 Å². The molecule has 0 saturated heterocycles. The number of hydrogen-bond acceptors (Lipinski definition) is 2. The number of unbranched alkanes of at least 4 members (excludes halogenated alkanes) is 1. The fourth-order valence-electron chi connectivity index (χ4n) is 0.552. The van der Waals surface area contributed by atoms with Crippen LogP contribution in [0.25, 0.3) is 0 Å². The largest absolute Gasteiger partial charge is 1.00 e. The Kier molecular flexibility index (Phi) is 18.6. The van der Waals surface area contributed by atoms with Crippen LogP contribution in [0.15, 0.2) is 0 Å². The minimum absolute atomic E-state index is 0. The number of carboxylic acid groups (broad SMARTS) is 2. The minimum Gasteiger partial charge on any atom is -1.00 e. The molecular weight excluding hydrogens is 182 g/mol. The van der Waals surface area contributed by atoms with Crippen molar-refractivity contribution in [2.24, 2.45) is 0 Å². The second-order valence-electron chi connectivity index (χ2n) is 1.99. The summed E-state index contributed by atoms with van der Waals surface area (Å²) < 4.78 is 0. The quantitative estimate of drug-likeness (QED) is 0.339. The van der Waals surface area contributed by atoms with E-state index < -0.39 is 11.9 Å². The third kappa shape index (κ3) is 17.1. The van der Waals surface area contributed by atoms with Gasteiger partial charge in [-0.3, -0.25) is 9.59 Å². The molecule has 0 rings (SSSR count). The van der Waals surface area contributed by atoms with Gasteiger partial charge < -0.3 is 13.1 Å². The van der Waals surface area contributed by atoms with Gasteiger partial charge in [0.1, 0.15) is 0 Å². The molecule has 0 spiro atoms. The molecule has 0 unspecified atom stereocenters. The fourth-order valence-corrected chi connectivity index (χ4v) is 0.552. The van der Waals surface area contributed by atoms with Crippen LogP contribution in [0.4, 0.5) is 0 Å². The molecule has 62 valence electrons. The van der Waals surface area contributed by atoms with Crippen LogP contribution in [0.2, 0.25) is 0 Å². The predicted molar refractivity (Wildman–Crippen MR) is 36.0 cm³/mol. The number of rotatable bonds is 5. The van der Waals surface area contributed by atoms with Crippen molar-refractivity contribution in [1.82, 2.24) is 0 Å². The van der Waals surface area contributed by atoms with Gasteiger partial charge in [-0.05, 0) is 12.8 Å². The molecule has 2 N–H and O–H groups in total. The monoisotopic (exact) mass is 194 g/mol. The smallest absolute Gasteiger partial charge is 1.00 e. The SMILES string of the molecule is O=C(O)CCCCC(=O)O.[H-].[H-].[Na+].[Na+]. The van der Waals surface area contributed by atoms with E-state index in [2.05, 4.69) is 0 Å². The maximum absolute atomic E-state index is 9.90. The second-order valence-corrected chi connectivity index (χ2v) is 1.99. The maximum atomic E-state index is 9.90. The van der Waals surface area contributed by atoms with E-state index in [-0.39, 0.29) is 74.8 Å². The van der Waals surface area contributed by atoms with Gasteiger partial charge in [0.05, 0.1) is 0 Å². The summed E-state index contributed by atoms with van der Waals surface area (Å²) in [6, 6.07) is 0. The summed E-state index contributed by atoms with van der Waals surface area (Å²) in [6.07, 6.45) is 1.02. The Morgan fingerprint density at radius 2 is 1.17 bits per heavy atom. The second kappa shape index (κ2) is 11.9. The van der Waals surface area contributed by atoms with Crippen molar-refractivity contribution in [1.29, 1.82) is 0 Å². The first-order valence-electron chi connectivity index (χ1n) is 3.06. The van der Waals surface area contributed by atoms with Gasteiger partial charge >= 0.3 is 71.1 Å². The molecule has 0 aliphatic heterocycles. The standard InChI is InChI=1S/C6H10O4.2Na.2H/c7-5(8)3-1-2-4-6(9)10;;;;/h1-4H2,(H,7,8)(H,9,10);;;;/q;2*+1;2*-1. The summed E-state index contributed by atoms with van der Waals surface area (Å²) in [5.74, 6) is -1.74. The molecule has 0 aromatic heterocycles. The Hall–Kier alpha value is 0.940. The fraction of sp³-hybridized carbons (Fsp3) is 0.667. The zero-order chi connectivity index (χ0) is 7.98. The Labute approximate surface area is 118 Å².